The predicted octanol–water partition coefficient (Wildman–Crippen LogP) is 1.56. The summed E-state index contributed by atoms with van der Waals surface area (Å²) >= 11 is 0. The Morgan fingerprint density at radius 1 is 1.41 bits per heavy atom. The van der Waals surface area contributed by atoms with Gasteiger partial charge in [-0.25, -0.2) is 0 Å². The number of hydrogen-bond acceptors (Lipinski definition) is 4. The molecular formula is C19H32IN5O2. The molecule has 0 aliphatic carbocycles. The van der Waals surface area contributed by atoms with Crippen LogP contribution in [-0.2, 0) is 11.3 Å². The molecule has 0 radical (unpaired) electrons. The highest BCUT2D eigenvalue weighted by Gasteiger charge is 2.31. The van der Waals surface area contributed by atoms with Crippen molar-refractivity contribution in [3.8, 4) is 5.75 Å². The third-order valence-corrected chi connectivity index (χ3v) is 4.66. The molecule has 1 heterocycles. The van der Waals surface area contributed by atoms with Crippen molar-refractivity contribution < 1.29 is 9.53 Å². The number of amides is 1. The smallest absolute Gasteiger partial charge is 0.255 e. The Kier molecular flexibility index (Phi) is 9.86. The third kappa shape index (κ3) is 7.53. The lowest BCUT2D eigenvalue weighted by Crippen LogP contribution is -2.46. The normalized spacial score (nSPS) is 20.3. The molecule has 2 unspecified atom stereocenters. The summed E-state index contributed by atoms with van der Waals surface area (Å²) in [4.78, 5) is 17.6. The number of nitrogens with zero attached hydrogens (tertiary/aromatic N) is 2. The van der Waals surface area contributed by atoms with Gasteiger partial charge in [0, 0.05) is 38.8 Å². The molecule has 0 saturated carbocycles. The summed E-state index contributed by atoms with van der Waals surface area (Å²) in [6.45, 7) is 9.35. The number of likely N-dealkylation sites (tertiary alicyclic amines) is 1. The lowest BCUT2D eigenvalue weighted by atomic mass is 10.1. The Morgan fingerprint density at radius 3 is 2.74 bits per heavy atom. The number of ether oxygens (including phenoxy) is 1. The molecule has 2 rings (SSSR count). The van der Waals surface area contributed by atoms with Gasteiger partial charge in [-0.1, -0.05) is 19.1 Å². The molecule has 27 heavy (non-hydrogen) atoms. The summed E-state index contributed by atoms with van der Waals surface area (Å²) in [6, 6.07) is 8.53. The highest BCUT2D eigenvalue weighted by Crippen LogP contribution is 2.18. The summed E-state index contributed by atoms with van der Waals surface area (Å²) in [5.74, 6) is 1.50. The molecular weight excluding hydrogens is 457 g/mol. The Bertz CT molecular complexity index is 638. The lowest BCUT2D eigenvalue weighted by molar-refractivity contribution is -0.119. The molecule has 8 heteroatoms. The van der Waals surface area contributed by atoms with Crippen LogP contribution in [0.1, 0.15) is 26.3 Å². The second-order valence-corrected chi connectivity index (χ2v) is 7.10. The molecule has 0 spiro atoms. The van der Waals surface area contributed by atoms with Crippen molar-refractivity contribution in [2.45, 2.75) is 39.4 Å². The highest BCUT2D eigenvalue weighted by molar-refractivity contribution is 14.0. The van der Waals surface area contributed by atoms with Crippen LogP contribution in [0.3, 0.4) is 0 Å². The first-order valence-corrected chi connectivity index (χ1v) is 9.10. The van der Waals surface area contributed by atoms with Crippen LogP contribution >= 0.6 is 24.0 Å². The molecule has 1 aliphatic rings. The van der Waals surface area contributed by atoms with Crippen molar-refractivity contribution >= 4 is 35.8 Å². The molecule has 7 nitrogen and oxygen atoms in total. The summed E-state index contributed by atoms with van der Waals surface area (Å²) in [5.41, 5.74) is 6.15. The van der Waals surface area contributed by atoms with E-state index in [1.807, 2.05) is 18.2 Å². The first kappa shape index (κ1) is 23.5. The average molecular weight is 489 g/mol. The van der Waals surface area contributed by atoms with Crippen molar-refractivity contribution in [1.29, 1.82) is 0 Å². The van der Waals surface area contributed by atoms with E-state index in [4.69, 9.17) is 10.5 Å². The van der Waals surface area contributed by atoms with Gasteiger partial charge in [-0.3, -0.25) is 14.7 Å². The Labute approximate surface area is 179 Å². The number of aliphatic imine (C=N–C) groups is 1. The molecule has 1 aromatic rings. The molecule has 1 aliphatic heterocycles. The zero-order valence-corrected chi connectivity index (χ0v) is 18.9. The molecule has 1 fully saturated rings. The van der Waals surface area contributed by atoms with E-state index in [1.165, 1.54) is 0 Å². The van der Waals surface area contributed by atoms with Gasteiger partial charge in [-0.2, -0.15) is 0 Å². The van der Waals surface area contributed by atoms with Crippen LogP contribution in [0.2, 0.25) is 0 Å². The quantitative estimate of drug-likeness (QED) is 0.307. The van der Waals surface area contributed by atoms with Crippen LogP contribution in [-0.4, -0.2) is 55.6 Å². The van der Waals surface area contributed by atoms with E-state index < -0.39 is 5.91 Å². The minimum atomic E-state index is -0.487. The maximum absolute atomic E-state index is 10.8. The zero-order chi connectivity index (χ0) is 19.1. The van der Waals surface area contributed by atoms with Gasteiger partial charge in [-0.05, 0) is 37.5 Å². The number of hydrogen-bond donors (Lipinski definition) is 3. The van der Waals surface area contributed by atoms with E-state index in [-0.39, 0.29) is 30.6 Å². The summed E-state index contributed by atoms with van der Waals surface area (Å²) in [5, 5.41) is 6.87. The van der Waals surface area contributed by atoms with Crippen LogP contribution in [0.5, 0.6) is 5.75 Å². The molecule has 2 atom stereocenters. The number of halogens is 1. The van der Waals surface area contributed by atoms with E-state index in [0.717, 1.165) is 24.6 Å². The summed E-state index contributed by atoms with van der Waals surface area (Å²) in [6.07, 6.45) is 0. The van der Waals surface area contributed by atoms with Gasteiger partial charge in [0.1, 0.15) is 5.75 Å². The fourth-order valence-corrected chi connectivity index (χ4v) is 3.07. The molecule has 1 saturated heterocycles. The second kappa shape index (κ2) is 11.3. The Hall–Kier alpha value is -1.55. The predicted molar refractivity (Wildman–Crippen MR) is 120 cm³/mol. The number of nitrogens with one attached hydrogen (secondary N) is 2. The third-order valence-electron chi connectivity index (χ3n) is 4.66. The zero-order valence-electron chi connectivity index (χ0n) is 16.6. The van der Waals surface area contributed by atoms with Crippen molar-refractivity contribution in [1.82, 2.24) is 15.5 Å². The van der Waals surface area contributed by atoms with Gasteiger partial charge in [0.05, 0.1) is 0 Å². The SMILES string of the molecule is CN=C(NCc1cccc(OCC(N)=O)c1)NC1CN(C(C)C)CC1C.I. The van der Waals surface area contributed by atoms with Crippen LogP contribution in [0.4, 0.5) is 0 Å². The number of primary amides is 1. The molecule has 152 valence electrons. The summed E-state index contributed by atoms with van der Waals surface area (Å²) < 4.78 is 5.34. The molecule has 1 aromatic carbocycles. The van der Waals surface area contributed by atoms with Gasteiger partial charge in [0.25, 0.3) is 5.91 Å². The molecule has 0 aromatic heterocycles. The standard InChI is InChI=1S/C19H31N5O2.HI/c1-13(2)24-10-14(3)17(11-24)23-19(21-4)22-9-15-6-5-7-16(8-15)26-12-18(20)25;/h5-8,13-14,17H,9-12H2,1-4H3,(H2,20,25)(H2,21,22,23);1H. The maximum Gasteiger partial charge on any atom is 0.255 e. The molecule has 0 bridgehead atoms. The van der Waals surface area contributed by atoms with Gasteiger partial charge >= 0.3 is 0 Å². The fourth-order valence-electron chi connectivity index (χ4n) is 3.07. The van der Waals surface area contributed by atoms with E-state index in [9.17, 15) is 4.79 Å². The maximum atomic E-state index is 10.8. The topological polar surface area (TPSA) is 92.0 Å². The van der Waals surface area contributed by atoms with Crippen LogP contribution < -0.4 is 21.1 Å². The van der Waals surface area contributed by atoms with Crippen molar-refractivity contribution in [3.05, 3.63) is 29.8 Å². The van der Waals surface area contributed by atoms with Gasteiger partial charge in [0.2, 0.25) is 0 Å². The number of carbonyl (C=O) groups excluding carboxylic acids is 1. The number of nitrogens with two attached hydrogens (primary N) is 1. The average Bonchev–Trinajstić information content (AvgIpc) is 2.98. The largest absolute Gasteiger partial charge is 0.484 e. The van der Waals surface area contributed by atoms with Gasteiger partial charge in [0.15, 0.2) is 12.6 Å². The Balaban J connectivity index is 0.00000364. The van der Waals surface area contributed by atoms with E-state index in [1.54, 1.807) is 13.1 Å². The summed E-state index contributed by atoms with van der Waals surface area (Å²) in [7, 11) is 1.78. The lowest BCUT2D eigenvalue weighted by Gasteiger charge is -2.22. The minimum absolute atomic E-state index is 0. The second-order valence-electron chi connectivity index (χ2n) is 7.10. The number of carbonyl (C=O) groups is 1. The highest BCUT2D eigenvalue weighted by atomic mass is 127. The minimum Gasteiger partial charge on any atom is -0.484 e. The molecule has 1 amide bonds. The first-order valence-electron chi connectivity index (χ1n) is 9.10. The van der Waals surface area contributed by atoms with Gasteiger partial charge in [-0.15, -0.1) is 24.0 Å². The first-order chi connectivity index (χ1) is 12.4. The number of rotatable bonds is 7. The Morgan fingerprint density at radius 2 is 2.15 bits per heavy atom. The number of benzene rings is 1. The van der Waals surface area contributed by atoms with Gasteiger partial charge < -0.3 is 21.1 Å². The van der Waals surface area contributed by atoms with E-state index in [2.05, 4.69) is 41.3 Å². The van der Waals surface area contributed by atoms with Crippen LogP contribution in [0.25, 0.3) is 0 Å². The number of guanidine groups is 1. The van der Waals surface area contributed by atoms with Crippen LogP contribution in [0, 0.1) is 5.92 Å². The van der Waals surface area contributed by atoms with E-state index in [0.29, 0.717) is 30.3 Å². The van der Waals surface area contributed by atoms with Crippen molar-refractivity contribution in [2.75, 3.05) is 26.7 Å². The fraction of sp³-hybridized carbons (Fsp3) is 0.579. The van der Waals surface area contributed by atoms with Crippen molar-refractivity contribution in [2.24, 2.45) is 16.6 Å². The van der Waals surface area contributed by atoms with Crippen molar-refractivity contribution in [3.63, 3.8) is 0 Å². The van der Waals surface area contributed by atoms with E-state index >= 15 is 0 Å². The van der Waals surface area contributed by atoms with Crippen LogP contribution in [0.15, 0.2) is 29.3 Å². The molecule has 4 N–H and O–H groups in total. The monoisotopic (exact) mass is 489 g/mol.